The Morgan fingerprint density at radius 2 is 2.22 bits per heavy atom. The van der Waals surface area contributed by atoms with Crippen molar-refractivity contribution in [1.29, 1.82) is 0 Å². The molecule has 1 aliphatic rings. The van der Waals surface area contributed by atoms with Gasteiger partial charge in [0.2, 0.25) is 0 Å². The van der Waals surface area contributed by atoms with E-state index in [9.17, 15) is 0 Å². The number of rotatable bonds is 4. The maximum Gasteiger partial charge on any atom is 0.0593 e. The molecule has 2 heterocycles. The SMILES string of the molecule is NCc1cn(CCC2CCCO2)c2ccccc12. The Labute approximate surface area is 108 Å². The molecule has 1 fully saturated rings. The van der Waals surface area contributed by atoms with Crippen molar-refractivity contribution >= 4 is 10.9 Å². The molecular formula is C15H20N2O. The average Bonchev–Trinajstić information content (AvgIpc) is 3.04. The highest BCUT2D eigenvalue weighted by Crippen LogP contribution is 2.23. The second-order valence-electron chi connectivity index (χ2n) is 4.99. The van der Waals surface area contributed by atoms with E-state index in [2.05, 4.69) is 35.0 Å². The van der Waals surface area contributed by atoms with Crippen molar-refractivity contribution in [2.75, 3.05) is 6.61 Å². The van der Waals surface area contributed by atoms with Crippen molar-refractivity contribution < 1.29 is 4.74 Å². The van der Waals surface area contributed by atoms with Gasteiger partial charge in [0.15, 0.2) is 0 Å². The van der Waals surface area contributed by atoms with Crippen molar-refractivity contribution in [2.45, 2.75) is 38.5 Å². The topological polar surface area (TPSA) is 40.2 Å². The summed E-state index contributed by atoms with van der Waals surface area (Å²) in [7, 11) is 0. The first-order valence-electron chi connectivity index (χ1n) is 6.77. The summed E-state index contributed by atoms with van der Waals surface area (Å²) in [6.07, 6.45) is 6.17. The average molecular weight is 244 g/mol. The number of para-hydroxylation sites is 1. The third kappa shape index (κ3) is 2.16. The van der Waals surface area contributed by atoms with Crippen LogP contribution in [-0.4, -0.2) is 17.3 Å². The lowest BCUT2D eigenvalue weighted by Gasteiger charge is -2.10. The summed E-state index contributed by atoms with van der Waals surface area (Å²) in [5.41, 5.74) is 8.33. The van der Waals surface area contributed by atoms with Gasteiger partial charge in [-0.05, 0) is 30.9 Å². The molecule has 0 saturated carbocycles. The van der Waals surface area contributed by atoms with Crippen LogP contribution < -0.4 is 5.73 Å². The number of fused-ring (bicyclic) bond motifs is 1. The van der Waals surface area contributed by atoms with Crippen molar-refractivity contribution in [3.8, 4) is 0 Å². The molecule has 1 atom stereocenters. The molecule has 1 aromatic carbocycles. The molecule has 2 N–H and O–H groups in total. The highest BCUT2D eigenvalue weighted by molar-refractivity contribution is 5.83. The lowest BCUT2D eigenvalue weighted by molar-refractivity contribution is 0.101. The maximum absolute atomic E-state index is 5.81. The van der Waals surface area contributed by atoms with Crippen LogP contribution in [0.4, 0.5) is 0 Å². The minimum Gasteiger partial charge on any atom is -0.378 e. The van der Waals surface area contributed by atoms with Crippen LogP contribution in [0, 0.1) is 0 Å². The summed E-state index contributed by atoms with van der Waals surface area (Å²) in [5, 5.41) is 1.28. The van der Waals surface area contributed by atoms with Gasteiger partial charge in [-0.3, -0.25) is 0 Å². The van der Waals surface area contributed by atoms with E-state index in [1.165, 1.54) is 29.3 Å². The van der Waals surface area contributed by atoms with E-state index in [1.807, 2.05) is 0 Å². The molecule has 1 unspecified atom stereocenters. The Morgan fingerprint density at radius 1 is 1.33 bits per heavy atom. The number of benzene rings is 1. The fourth-order valence-corrected chi connectivity index (χ4v) is 2.83. The Bertz CT molecular complexity index is 526. The fourth-order valence-electron chi connectivity index (χ4n) is 2.83. The number of aromatic nitrogens is 1. The number of nitrogens with two attached hydrogens (primary N) is 1. The third-order valence-corrected chi connectivity index (χ3v) is 3.81. The summed E-state index contributed by atoms with van der Waals surface area (Å²) in [6.45, 7) is 2.56. The normalized spacial score (nSPS) is 19.7. The lowest BCUT2D eigenvalue weighted by atomic mass is 10.2. The van der Waals surface area contributed by atoms with Gasteiger partial charge in [-0.15, -0.1) is 0 Å². The Balaban J connectivity index is 1.82. The number of nitrogens with zero attached hydrogens (tertiary/aromatic N) is 1. The van der Waals surface area contributed by atoms with E-state index in [-0.39, 0.29) is 0 Å². The predicted octanol–water partition coefficient (Wildman–Crippen LogP) is 2.67. The van der Waals surface area contributed by atoms with Gasteiger partial charge in [-0.1, -0.05) is 18.2 Å². The van der Waals surface area contributed by atoms with Crippen LogP contribution >= 0.6 is 0 Å². The number of ether oxygens (including phenoxy) is 1. The van der Waals surface area contributed by atoms with Gasteiger partial charge in [0.05, 0.1) is 6.10 Å². The first-order chi connectivity index (χ1) is 8.88. The quantitative estimate of drug-likeness (QED) is 0.898. The molecule has 0 amide bonds. The van der Waals surface area contributed by atoms with Gasteiger partial charge >= 0.3 is 0 Å². The second kappa shape index (κ2) is 5.12. The molecule has 3 heteroatoms. The van der Waals surface area contributed by atoms with Gasteiger partial charge in [-0.2, -0.15) is 0 Å². The third-order valence-electron chi connectivity index (χ3n) is 3.81. The fraction of sp³-hybridized carbons (Fsp3) is 0.467. The molecule has 3 rings (SSSR count). The van der Waals surface area contributed by atoms with E-state index in [4.69, 9.17) is 10.5 Å². The van der Waals surface area contributed by atoms with E-state index in [0.717, 1.165) is 19.6 Å². The van der Waals surface area contributed by atoms with Gasteiger partial charge in [0.25, 0.3) is 0 Å². The van der Waals surface area contributed by atoms with E-state index < -0.39 is 0 Å². The number of hydrogen-bond acceptors (Lipinski definition) is 2. The van der Waals surface area contributed by atoms with Crippen LogP contribution in [0.3, 0.4) is 0 Å². The lowest BCUT2D eigenvalue weighted by Crippen LogP contribution is -2.09. The monoisotopic (exact) mass is 244 g/mol. The molecule has 1 saturated heterocycles. The molecule has 0 spiro atoms. The largest absolute Gasteiger partial charge is 0.378 e. The molecule has 1 aliphatic heterocycles. The predicted molar refractivity (Wildman–Crippen MR) is 73.4 cm³/mol. The van der Waals surface area contributed by atoms with E-state index in [1.54, 1.807) is 0 Å². The molecule has 18 heavy (non-hydrogen) atoms. The van der Waals surface area contributed by atoms with E-state index in [0.29, 0.717) is 12.6 Å². The van der Waals surface area contributed by atoms with E-state index >= 15 is 0 Å². The molecule has 1 aromatic heterocycles. The molecular weight excluding hydrogens is 224 g/mol. The van der Waals surface area contributed by atoms with Crippen molar-refractivity contribution in [2.24, 2.45) is 5.73 Å². The number of aryl methyl sites for hydroxylation is 1. The molecule has 0 radical (unpaired) electrons. The first kappa shape index (κ1) is 11.8. The van der Waals surface area contributed by atoms with Gasteiger partial charge < -0.3 is 15.0 Å². The standard InChI is InChI=1S/C15H20N2O/c16-10-12-11-17(8-7-13-4-3-9-18-13)15-6-2-1-5-14(12)15/h1-2,5-6,11,13H,3-4,7-10,16H2. The zero-order valence-electron chi connectivity index (χ0n) is 10.6. The zero-order chi connectivity index (χ0) is 12.4. The highest BCUT2D eigenvalue weighted by Gasteiger charge is 2.15. The number of hydrogen-bond donors (Lipinski definition) is 1. The van der Waals surface area contributed by atoms with Gasteiger partial charge in [-0.25, -0.2) is 0 Å². The van der Waals surface area contributed by atoms with Crippen LogP contribution in [0.15, 0.2) is 30.5 Å². The summed E-state index contributed by atoms with van der Waals surface area (Å²) >= 11 is 0. The Kier molecular flexibility index (Phi) is 3.35. The molecule has 0 aliphatic carbocycles. The van der Waals surface area contributed by atoms with Crippen molar-refractivity contribution in [3.05, 3.63) is 36.0 Å². The smallest absolute Gasteiger partial charge is 0.0593 e. The van der Waals surface area contributed by atoms with Gasteiger partial charge in [0.1, 0.15) is 0 Å². The van der Waals surface area contributed by atoms with Crippen molar-refractivity contribution in [3.63, 3.8) is 0 Å². The maximum atomic E-state index is 5.81. The minimum absolute atomic E-state index is 0.451. The summed E-state index contributed by atoms with van der Waals surface area (Å²) in [4.78, 5) is 0. The zero-order valence-corrected chi connectivity index (χ0v) is 10.6. The highest BCUT2D eigenvalue weighted by atomic mass is 16.5. The molecule has 2 aromatic rings. The molecule has 3 nitrogen and oxygen atoms in total. The first-order valence-corrected chi connectivity index (χ1v) is 6.77. The summed E-state index contributed by atoms with van der Waals surface area (Å²) in [5.74, 6) is 0. The van der Waals surface area contributed by atoms with Crippen LogP contribution in [0.5, 0.6) is 0 Å². The summed E-state index contributed by atoms with van der Waals surface area (Å²) in [6, 6.07) is 8.49. The minimum atomic E-state index is 0.451. The molecule has 96 valence electrons. The van der Waals surface area contributed by atoms with Crippen LogP contribution in [0.1, 0.15) is 24.8 Å². The second-order valence-corrected chi connectivity index (χ2v) is 4.99. The Hall–Kier alpha value is -1.32. The molecule has 0 bridgehead atoms. The van der Waals surface area contributed by atoms with Gasteiger partial charge in [0, 0.05) is 36.8 Å². The van der Waals surface area contributed by atoms with Crippen molar-refractivity contribution in [1.82, 2.24) is 4.57 Å². The van der Waals surface area contributed by atoms with Crippen LogP contribution in [0.2, 0.25) is 0 Å². The Morgan fingerprint density at radius 3 is 3.00 bits per heavy atom. The summed E-state index contributed by atoms with van der Waals surface area (Å²) < 4.78 is 8.00. The van der Waals surface area contributed by atoms with Crippen LogP contribution in [0.25, 0.3) is 10.9 Å². The van der Waals surface area contributed by atoms with Crippen LogP contribution in [-0.2, 0) is 17.8 Å².